The van der Waals surface area contributed by atoms with Crippen molar-refractivity contribution in [2.24, 2.45) is 5.92 Å². The maximum absolute atomic E-state index is 11.6. The van der Waals surface area contributed by atoms with Crippen LogP contribution >= 0.6 is 0 Å². The molecule has 5 heteroatoms. The van der Waals surface area contributed by atoms with Crippen LogP contribution in [0.15, 0.2) is 6.20 Å². The zero-order valence-electron chi connectivity index (χ0n) is 9.99. The van der Waals surface area contributed by atoms with Crippen molar-refractivity contribution in [1.82, 2.24) is 20.7 Å². The van der Waals surface area contributed by atoms with Crippen LogP contribution in [0.25, 0.3) is 0 Å². The molecule has 0 fully saturated rings. The Balaban J connectivity index is 2.29. The van der Waals surface area contributed by atoms with Crippen molar-refractivity contribution in [1.29, 1.82) is 0 Å². The van der Waals surface area contributed by atoms with Gasteiger partial charge >= 0.3 is 0 Å². The first-order chi connectivity index (χ1) is 7.77. The highest BCUT2D eigenvalue weighted by atomic mass is 16.1. The van der Waals surface area contributed by atoms with Crippen LogP contribution in [0.1, 0.15) is 50.0 Å². The van der Waals surface area contributed by atoms with Crippen LogP contribution in [0.2, 0.25) is 0 Å². The zero-order valence-corrected chi connectivity index (χ0v) is 9.99. The number of amides is 1. The number of hydrogen-bond donors (Lipinski definition) is 2. The molecule has 1 aromatic rings. The van der Waals surface area contributed by atoms with E-state index in [1.165, 1.54) is 25.5 Å². The molecular weight excluding hydrogens is 204 g/mol. The van der Waals surface area contributed by atoms with Crippen molar-refractivity contribution in [3.63, 3.8) is 0 Å². The van der Waals surface area contributed by atoms with E-state index in [0.717, 1.165) is 13.0 Å². The Morgan fingerprint density at radius 2 is 2.38 bits per heavy atom. The molecule has 0 aliphatic heterocycles. The molecule has 1 rings (SSSR count). The van der Waals surface area contributed by atoms with Gasteiger partial charge in [-0.2, -0.15) is 15.4 Å². The van der Waals surface area contributed by atoms with Gasteiger partial charge in [0.2, 0.25) is 0 Å². The van der Waals surface area contributed by atoms with Crippen LogP contribution in [0.3, 0.4) is 0 Å². The van der Waals surface area contributed by atoms with Crippen LogP contribution in [0, 0.1) is 5.92 Å². The van der Waals surface area contributed by atoms with E-state index in [4.69, 9.17) is 0 Å². The van der Waals surface area contributed by atoms with Gasteiger partial charge in [-0.15, -0.1) is 0 Å². The maximum atomic E-state index is 11.6. The van der Waals surface area contributed by atoms with E-state index >= 15 is 0 Å². The third kappa shape index (κ3) is 4.00. The Kier molecular flexibility index (Phi) is 5.53. The molecule has 0 saturated heterocycles. The molecule has 0 saturated carbocycles. The molecule has 0 radical (unpaired) electrons. The van der Waals surface area contributed by atoms with Crippen LogP contribution in [0.4, 0.5) is 0 Å². The van der Waals surface area contributed by atoms with E-state index in [1.54, 1.807) is 0 Å². The van der Waals surface area contributed by atoms with Gasteiger partial charge in [0.05, 0.1) is 6.20 Å². The summed E-state index contributed by atoms with van der Waals surface area (Å²) < 4.78 is 0. The first kappa shape index (κ1) is 12.7. The maximum Gasteiger partial charge on any atom is 0.273 e. The van der Waals surface area contributed by atoms with Gasteiger partial charge in [0.15, 0.2) is 5.69 Å². The van der Waals surface area contributed by atoms with Gasteiger partial charge in [-0.05, 0) is 12.3 Å². The number of hydrogen-bond acceptors (Lipinski definition) is 3. The quantitative estimate of drug-likeness (QED) is 0.741. The van der Waals surface area contributed by atoms with Gasteiger partial charge in [-0.1, -0.05) is 33.1 Å². The second-order valence-corrected chi connectivity index (χ2v) is 3.98. The number of H-pyrrole nitrogens is 1. The monoisotopic (exact) mass is 224 g/mol. The van der Waals surface area contributed by atoms with Gasteiger partial charge in [0, 0.05) is 6.54 Å². The number of carbonyl (C=O) groups is 1. The molecule has 16 heavy (non-hydrogen) atoms. The minimum Gasteiger partial charge on any atom is -0.350 e. The zero-order chi connectivity index (χ0) is 11.8. The van der Waals surface area contributed by atoms with Gasteiger partial charge < -0.3 is 5.32 Å². The Bertz CT molecular complexity index is 297. The number of nitrogens with zero attached hydrogens (tertiary/aromatic N) is 2. The van der Waals surface area contributed by atoms with Crippen LogP contribution in [0.5, 0.6) is 0 Å². The van der Waals surface area contributed by atoms with Crippen LogP contribution in [-0.4, -0.2) is 27.9 Å². The average Bonchev–Trinajstić information content (AvgIpc) is 2.82. The second kappa shape index (κ2) is 6.98. The lowest BCUT2D eigenvalue weighted by Crippen LogP contribution is -2.29. The van der Waals surface area contributed by atoms with E-state index < -0.39 is 0 Å². The third-order valence-electron chi connectivity index (χ3n) is 2.74. The molecule has 0 bridgehead atoms. The molecule has 0 spiro atoms. The third-order valence-corrected chi connectivity index (χ3v) is 2.74. The molecule has 1 aromatic heterocycles. The minimum atomic E-state index is -0.149. The smallest absolute Gasteiger partial charge is 0.273 e. The van der Waals surface area contributed by atoms with Crippen molar-refractivity contribution in [3.8, 4) is 0 Å². The lowest BCUT2D eigenvalue weighted by molar-refractivity contribution is 0.0941. The van der Waals surface area contributed by atoms with Crippen molar-refractivity contribution in [2.45, 2.75) is 39.5 Å². The number of rotatable bonds is 7. The molecule has 90 valence electrons. The molecule has 0 aliphatic carbocycles. The van der Waals surface area contributed by atoms with Gasteiger partial charge in [0.25, 0.3) is 5.91 Å². The predicted octanol–water partition coefficient (Wildman–Crippen LogP) is 1.75. The van der Waals surface area contributed by atoms with E-state index in [2.05, 4.69) is 34.6 Å². The summed E-state index contributed by atoms with van der Waals surface area (Å²) in [6.45, 7) is 5.06. The lowest BCUT2D eigenvalue weighted by atomic mass is 9.99. The summed E-state index contributed by atoms with van der Waals surface area (Å²) in [6, 6.07) is 0. The standard InChI is InChI=1S/C11H20N4O/c1-3-5-6-9(4-2)7-12-11(16)10-8-13-15-14-10/h8-9H,3-7H2,1-2H3,(H,12,16)(H,13,14,15). The summed E-state index contributed by atoms with van der Waals surface area (Å²) in [5.74, 6) is 0.416. The summed E-state index contributed by atoms with van der Waals surface area (Å²) in [7, 11) is 0. The van der Waals surface area contributed by atoms with E-state index in [9.17, 15) is 4.79 Å². The second-order valence-electron chi connectivity index (χ2n) is 3.98. The van der Waals surface area contributed by atoms with E-state index in [0.29, 0.717) is 11.6 Å². The Morgan fingerprint density at radius 3 is 2.94 bits per heavy atom. The summed E-state index contributed by atoms with van der Waals surface area (Å²) in [6.07, 6.45) is 6.12. The SMILES string of the molecule is CCCCC(CC)CNC(=O)c1cn[nH]n1. The van der Waals surface area contributed by atoms with E-state index in [1.807, 2.05) is 0 Å². The number of carbonyl (C=O) groups excluding carboxylic acids is 1. The van der Waals surface area contributed by atoms with Crippen molar-refractivity contribution in [2.75, 3.05) is 6.54 Å². The summed E-state index contributed by atoms with van der Waals surface area (Å²) >= 11 is 0. The fraction of sp³-hybridized carbons (Fsp3) is 0.727. The van der Waals surface area contributed by atoms with Crippen LogP contribution < -0.4 is 5.32 Å². The molecule has 1 amide bonds. The minimum absolute atomic E-state index is 0.149. The number of aromatic nitrogens is 3. The summed E-state index contributed by atoms with van der Waals surface area (Å²) in [5, 5.41) is 12.6. The normalized spacial score (nSPS) is 12.4. The molecular formula is C11H20N4O. The predicted molar refractivity (Wildman–Crippen MR) is 62.0 cm³/mol. The molecule has 1 unspecified atom stereocenters. The lowest BCUT2D eigenvalue weighted by Gasteiger charge is -2.14. The Morgan fingerprint density at radius 1 is 1.56 bits per heavy atom. The first-order valence-electron chi connectivity index (χ1n) is 5.91. The number of unbranched alkanes of at least 4 members (excludes halogenated alkanes) is 1. The van der Waals surface area contributed by atoms with Crippen LogP contribution in [-0.2, 0) is 0 Å². The molecule has 2 N–H and O–H groups in total. The fourth-order valence-corrected chi connectivity index (χ4v) is 1.58. The Labute approximate surface area is 96.0 Å². The largest absolute Gasteiger partial charge is 0.350 e. The topological polar surface area (TPSA) is 70.7 Å². The molecule has 1 heterocycles. The molecule has 1 atom stereocenters. The summed E-state index contributed by atoms with van der Waals surface area (Å²) in [4.78, 5) is 11.6. The van der Waals surface area contributed by atoms with Gasteiger partial charge in [-0.25, -0.2) is 0 Å². The molecule has 0 aliphatic rings. The van der Waals surface area contributed by atoms with Gasteiger partial charge in [-0.3, -0.25) is 4.79 Å². The van der Waals surface area contributed by atoms with Crippen molar-refractivity contribution in [3.05, 3.63) is 11.9 Å². The van der Waals surface area contributed by atoms with Crippen molar-refractivity contribution < 1.29 is 4.79 Å². The Hall–Kier alpha value is -1.39. The van der Waals surface area contributed by atoms with Gasteiger partial charge in [0.1, 0.15) is 0 Å². The fourth-order valence-electron chi connectivity index (χ4n) is 1.58. The number of nitrogens with one attached hydrogen (secondary N) is 2. The molecule has 5 nitrogen and oxygen atoms in total. The number of aromatic amines is 1. The molecule has 0 aromatic carbocycles. The summed E-state index contributed by atoms with van der Waals surface area (Å²) in [5.41, 5.74) is 0.352. The highest BCUT2D eigenvalue weighted by Gasteiger charge is 2.11. The average molecular weight is 224 g/mol. The van der Waals surface area contributed by atoms with Crippen molar-refractivity contribution >= 4 is 5.91 Å². The first-order valence-corrected chi connectivity index (χ1v) is 5.91. The van der Waals surface area contributed by atoms with E-state index in [-0.39, 0.29) is 5.91 Å². The highest BCUT2D eigenvalue weighted by molar-refractivity contribution is 5.91. The highest BCUT2D eigenvalue weighted by Crippen LogP contribution is 2.11.